The number of nitrogens with zero attached hydrogens (tertiary/aromatic N) is 3. The van der Waals surface area contributed by atoms with Crippen LogP contribution in [0.2, 0.25) is 0 Å². The van der Waals surface area contributed by atoms with Gasteiger partial charge in [0.1, 0.15) is 5.92 Å². The third kappa shape index (κ3) is 2.21. The van der Waals surface area contributed by atoms with Gasteiger partial charge < -0.3 is 10.0 Å². The van der Waals surface area contributed by atoms with E-state index in [9.17, 15) is 4.79 Å². The van der Waals surface area contributed by atoms with Gasteiger partial charge in [0.2, 0.25) is 0 Å². The van der Waals surface area contributed by atoms with Crippen LogP contribution >= 0.6 is 11.3 Å². The number of carboxylic acid groups (broad SMARTS) is 1. The first kappa shape index (κ1) is 12.2. The van der Waals surface area contributed by atoms with Crippen LogP contribution in [0.1, 0.15) is 28.5 Å². The summed E-state index contributed by atoms with van der Waals surface area (Å²) in [5.74, 6) is -1.20. The molecule has 0 fully saturated rings. The Morgan fingerprint density at radius 3 is 3.21 bits per heavy atom. The smallest absolute Gasteiger partial charge is 0.312 e. The second-order valence-corrected chi connectivity index (χ2v) is 5.76. The van der Waals surface area contributed by atoms with Crippen LogP contribution in [0, 0.1) is 0 Å². The summed E-state index contributed by atoms with van der Waals surface area (Å²) in [6.45, 7) is 0.709. The SMILES string of the molecule is CN(Cc1cn[nH]c1)c1nc2c(s1)CCC2C(=O)O. The Hall–Kier alpha value is -1.89. The highest BCUT2D eigenvalue weighted by molar-refractivity contribution is 7.15. The van der Waals surface area contributed by atoms with Crippen molar-refractivity contribution in [2.24, 2.45) is 0 Å². The molecule has 0 spiro atoms. The number of rotatable bonds is 4. The maximum atomic E-state index is 11.1. The van der Waals surface area contributed by atoms with Gasteiger partial charge in [-0.25, -0.2) is 4.98 Å². The molecule has 3 rings (SSSR count). The van der Waals surface area contributed by atoms with E-state index in [2.05, 4.69) is 15.2 Å². The minimum Gasteiger partial charge on any atom is -0.481 e. The molecule has 0 saturated carbocycles. The molecule has 1 aliphatic carbocycles. The molecule has 1 unspecified atom stereocenters. The quantitative estimate of drug-likeness (QED) is 0.888. The number of H-pyrrole nitrogens is 1. The minimum absolute atomic E-state index is 0.428. The van der Waals surface area contributed by atoms with E-state index < -0.39 is 11.9 Å². The molecule has 7 heteroatoms. The summed E-state index contributed by atoms with van der Waals surface area (Å²) >= 11 is 1.59. The second-order valence-electron chi connectivity index (χ2n) is 4.70. The number of aliphatic carboxylic acids is 1. The Balaban J connectivity index is 1.80. The van der Waals surface area contributed by atoms with Gasteiger partial charge in [-0.3, -0.25) is 9.89 Å². The highest BCUT2D eigenvalue weighted by atomic mass is 32.1. The molecule has 0 amide bonds. The molecule has 2 aromatic heterocycles. The Kier molecular flexibility index (Phi) is 2.98. The molecule has 100 valence electrons. The predicted octanol–water partition coefficient (Wildman–Crippen LogP) is 1.62. The van der Waals surface area contributed by atoms with E-state index in [0.29, 0.717) is 13.0 Å². The van der Waals surface area contributed by atoms with Gasteiger partial charge in [0.25, 0.3) is 0 Å². The fourth-order valence-corrected chi connectivity index (χ4v) is 3.42. The number of fused-ring (bicyclic) bond motifs is 1. The van der Waals surface area contributed by atoms with E-state index in [0.717, 1.165) is 27.7 Å². The average molecular weight is 278 g/mol. The van der Waals surface area contributed by atoms with E-state index in [1.54, 1.807) is 17.5 Å². The Morgan fingerprint density at radius 1 is 1.68 bits per heavy atom. The maximum Gasteiger partial charge on any atom is 0.312 e. The van der Waals surface area contributed by atoms with Crippen molar-refractivity contribution in [2.45, 2.75) is 25.3 Å². The molecule has 19 heavy (non-hydrogen) atoms. The fraction of sp³-hybridized carbons (Fsp3) is 0.417. The van der Waals surface area contributed by atoms with Crippen molar-refractivity contribution >= 4 is 22.4 Å². The highest BCUT2D eigenvalue weighted by Crippen LogP contribution is 2.39. The van der Waals surface area contributed by atoms with Gasteiger partial charge in [-0.15, -0.1) is 11.3 Å². The number of hydrogen-bond acceptors (Lipinski definition) is 5. The van der Waals surface area contributed by atoms with Crippen LogP contribution in [-0.4, -0.2) is 33.3 Å². The van der Waals surface area contributed by atoms with Gasteiger partial charge in [-0.2, -0.15) is 5.10 Å². The molecule has 0 aliphatic heterocycles. The summed E-state index contributed by atoms with van der Waals surface area (Å²) in [6.07, 6.45) is 5.12. The second kappa shape index (κ2) is 4.65. The molecule has 2 heterocycles. The Bertz CT molecular complexity index is 593. The summed E-state index contributed by atoms with van der Waals surface area (Å²) in [5.41, 5.74) is 1.83. The molecular weight excluding hydrogens is 264 g/mol. The molecule has 2 N–H and O–H groups in total. The zero-order chi connectivity index (χ0) is 13.4. The van der Waals surface area contributed by atoms with E-state index in [-0.39, 0.29) is 0 Å². The van der Waals surface area contributed by atoms with Gasteiger partial charge >= 0.3 is 5.97 Å². The van der Waals surface area contributed by atoms with Crippen LogP contribution < -0.4 is 4.90 Å². The van der Waals surface area contributed by atoms with Crippen LogP contribution in [-0.2, 0) is 17.8 Å². The number of carbonyl (C=O) groups is 1. The molecule has 0 saturated heterocycles. The summed E-state index contributed by atoms with van der Waals surface area (Å²) in [4.78, 5) is 18.8. The largest absolute Gasteiger partial charge is 0.481 e. The lowest BCUT2D eigenvalue weighted by molar-refractivity contribution is -0.138. The zero-order valence-corrected chi connectivity index (χ0v) is 11.3. The lowest BCUT2D eigenvalue weighted by atomic mass is 10.1. The first-order valence-electron chi connectivity index (χ1n) is 6.06. The third-order valence-corrected chi connectivity index (χ3v) is 4.55. The molecular formula is C12H14N4O2S. The number of aromatic nitrogens is 3. The molecule has 0 radical (unpaired) electrons. The van der Waals surface area contributed by atoms with Gasteiger partial charge in [0.15, 0.2) is 5.13 Å². The van der Waals surface area contributed by atoms with Crippen LogP contribution in [0.25, 0.3) is 0 Å². The number of carboxylic acids is 1. The van der Waals surface area contributed by atoms with Crippen molar-refractivity contribution in [1.82, 2.24) is 15.2 Å². The monoisotopic (exact) mass is 278 g/mol. The van der Waals surface area contributed by atoms with E-state index >= 15 is 0 Å². The third-order valence-electron chi connectivity index (χ3n) is 3.31. The lowest BCUT2D eigenvalue weighted by Crippen LogP contribution is -2.16. The maximum absolute atomic E-state index is 11.1. The number of nitrogens with one attached hydrogen (secondary N) is 1. The first-order chi connectivity index (χ1) is 9.15. The van der Waals surface area contributed by atoms with Gasteiger partial charge in [-0.1, -0.05) is 0 Å². The van der Waals surface area contributed by atoms with Crippen LogP contribution in [0.4, 0.5) is 5.13 Å². The summed E-state index contributed by atoms with van der Waals surface area (Å²) in [6, 6.07) is 0. The summed E-state index contributed by atoms with van der Waals surface area (Å²) < 4.78 is 0. The van der Waals surface area contributed by atoms with Crippen molar-refractivity contribution in [3.8, 4) is 0 Å². The van der Waals surface area contributed by atoms with Crippen molar-refractivity contribution in [2.75, 3.05) is 11.9 Å². The van der Waals surface area contributed by atoms with E-state index in [1.807, 2.05) is 18.1 Å². The van der Waals surface area contributed by atoms with Crippen molar-refractivity contribution in [3.63, 3.8) is 0 Å². The zero-order valence-electron chi connectivity index (χ0n) is 10.5. The van der Waals surface area contributed by atoms with Gasteiger partial charge in [0, 0.05) is 30.2 Å². The van der Waals surface area contributed by atoms with Crippen LogP contribution in [0.3, 0.4) is 0 Å². The molecule has 0 aromatic carbocycles. The van der Waals surface area contributed by atoms with E-state index in [4.69, 9.17) is 5.11 Å². The highest BCUT2D eigenvalue weighted by Gasteiger charge is 2.32. The molecule has 6 nitrogen and oxygen atoms in total. The molecule has 1 atom stereocenters. The normalized spacial score (nSPS) is 17.4. The average Bonchev–Trinajstić information content (AvgIpc) is 3.02. The number of aryl methyl sites for hydroxylation is 1. The van der Waals surface area contributed by atoms with Crippen molar-refractivity contribution in [3.05, 3.63) is 28.5 Å². The fourth-order valence-electron chi connectivity index (χ4n) is 2.32. The molecule has 1 aliphatic rings. The van der Waals surface area contributed by atoms with Crippen molar-refractivity contribution in [1.29, 1.82) is 0 Å². The Labute approximate surface area is 114 Å². The molecule has 0 bridgehead atoms. The number of aromatic amines is 1. The number of anilines is 1. The number of thiazole rings is 1. The molecule has 2 aromatic rings. The Morgan fingerprint density at radius 2 is 2.53 bits per heavy atom. The predicted molar refractivity (Wildman–Crippen MR) is 71.5 cm³/mol. The van der Waals surface area contributed by atoms with Crippen LogP contribution in [0.15, 0.2) is 12.4 Å². The van der Waals surface area contributed by atoms with Gasteiger partial charge in [0.05, 0.1) is 11.9 Å². The first-order valence-corrected chi connectivity index (χ1v) is 6.88. The van der Waals surface area contributed by atoms with Gasteiger partial charge in [-0.05, 0) is 12.8 Å². The van der Waals surface area contributed by atoms with E-state index in [1.165, 1.54) is 0 Å². The van der Waals surface area contributed by atoms with Crippen molar-refractivity contribution < 1.29 is 9.90 Å². The number of hydrogen-bond donors (Lipinski definition) is 2. The summed E-state index contributed by atoms with van der Waals surface area (Å²) in [5, 5.41) is 16.7. The lowest BCUT2D eigenvalue weighted by Gasteiger charge is -2.14. The minimum atomic E-state index is -0.770. The van der Waals surface area contributed by atoms with Crippen LogP contribution in [0.5, 0.6) is 0 Å². The summed E-state index contributed by atoms with van der Waals surface area (Å²) in [7, 11) is 1.96. The topological polar surface area (TPSA) is 82.1 Å². The standard InChI is InChI=1S/C12H14N4O2S/c1-16(6-7-4-13-14-5-7)12-15-10-8(11(17)18)2-3-9(10)19-12/h4-5,8H,2-3,6H2,1H3,(H,13,14)(H,17,18).